The third-order valence-electron chi connectivity index (χ3n) is 4.27. The number of aliphatic hydroxyl groups excluding tert-OH is 1. The third kappa shape index (κ3) is 3.05. The second-order valence-electron chi connectivity index (χ2n) is 5.73. The van der Waals surface area contributed by atoms with E-state index in [1.807, 2.05) is 18.2 Å². The van der Waals surface area contributed by atoms with E-state index in [4.69, 9.17) is 16.3 Å². The summed E-state index contributed by atoms with van der Waals surface area (Å²) in [6, 6.07) is 12.7. The number of methoxy groups -OCH3 is 1. The number of nitrogens with one attached hydrogen (secondary N) is 1. The van der Waals surface area contributed by atoms with E-state index in [0.717, 1.165) is 18.4 Å². The summed E-state index contributed by atoms with van der Waals surface area (Å²) >= 11 is 6.04. The van der Waals surface area contributed by atoms with Crippen molar-refractivity contribution in [3.63, 3.8) is 0 Å². The maximum absolute atomic E-state index is 12.7. The molecule has 0 aromatic heterocycles. The van der Waals surface area contributed by atoms with Crippen molar-refractivity contribution >= 4 is 23.2 Å². The van der Waals surface area contributed by atoms with Gasteiger partial charge in [-0.25, -0.2) is 0 Å². The molecule has 2 aromatic carbocycles. The molecular weight excluding hydrogens is 314 g/mol. The molecule has 0 bridgehead atoms. The highest BCUT2D eigenvalue weighted by Crippen LogP contribution is 2.49. The molecule has 0 aliphatic heterocycles. The highest BCUT2D eigenvalue weighted by Gasteiger charge is 2.51. The van der Waals surface area contributed by atoms with E-state index in [1.54, 1.807) is 31.4 Å². The Morgan fingerprint density at radius 2 is 2.09 bits per heavy atom. The van der Waals surface area contributed by atoms with Crippen LogP contribution in [-0.2, 0) is 16.8 Å². The summed E-state index contributed by atoms with van der Waals surface area (Å²) in [7, 11) is 1.55. The van der Waals surface area contributed by atoms with Gasteiger partial charge in [0.05, 0.1) is 19.1 Å². The number of halogens is 1. The molecule has 2 aromatic rings. The lowest BCUT2D eigenvalue weighted by atomic mass is 9.95. The zero-order valence-corrected chi connectivity index (χ0v) is 13.6. The molecule has 0 heterocycles. The molecule has 2 N–H and O–H groups in total. The third-order valence-corrected chi connectivity index (χ3v) is 4.51. The molecule has 0 spiro atoms. The number of aliphatic hydroxyl groups is 1. The number of carbonyl (C=O) groups excluding carboxylic acids is 1. The summed E-state index contributed by atoms with van der Waals surface area (Å²) in [4.78, 5) is 12.7. The van der Waals surface area contributed by atoms with Gasteiger partial charge in [-0.05, 0) is 48.7 Å². The Morgan fingerprint density at radius 1 is 1.30 bits per heavy atom. The fourth-order valence-corrected chi connectivity index (χ4v) is 2.98. The number of anilines is 1. The van der Waals surface area contributed by atoms with Crippen molar-refractivity contribution in [3.05, 3.63) is 58.6 Å². The topological polar surface area (TPSA) is 58.6 Å². The summed E-state index contributed by atoms with van der Waals surface area (Å²) in [6.45, 7) is -0.147. The molecule has 1 amide bonds. The lowest BCUT2D eigenvalue weighted by Gasteiger charge is -2.17. The minimum absolute atomic E-state index is 0.0474. The lowest BCUT2D eigenvalue weighted by molar-refractivity contribution is -0.118. The first kappa shape index (κ1) is 15.8. The molecule has 1 aliphatic rings. The van der Waals surface area contributed by atoms with Gasteiger partial charge in [-0.2, -0.15) is 0 Å². The van der Waals surface area contributed by atoms with Crippen LogP contribution in [0.3, 0.4) is 0 Å². The van der Waals surface area contributed by atoms with Crippen LogP contribution in [0.25, 0.3) is 0 Å². The molecule has 0 radical (unpaired) electrons. The van der Waals surface area contributed by atoms with Gasteiger partial charge in [-0.1, -0.05) is 23.7 Å². The Hall–Kier alpha value is -2.04. The zero-order valence-electron chi connectivity index (χ0n) is 12.8. The summed E-state index contributed by atoms with van der Waals surface area (Å²) in [6.07, 6.45) is 1.62. The number of amides is 1. The average Bonchev–Trinajstić information content (AvgIpc) is 3.36. The number of rotatable bonds is 5. The number of benzene rings is 2. The highest BCUT2D eigenvalue weighted by molar-refractivity contribution is 6.30. The van der Waals surface area contributed by atoms with Gasteiger partial charge in [0.15, 0.2) is 0 Å². The second kappa shape index (κ2) is 6.22. The second-order valence-corrected chi connectivity index (χ2v) is 6.17. The smallest absolute Gasteiger partial charge is 0.235 e. The van der Waals surface area contributed by atoms with Crippen molar-refractivity contribution in [2.24, 2.45) is 0 Å². The fraction of sp³-hybridized carbons (Fsp3) is 0.278. The first-order valence-corrected chi connectivity index (χ1v) is 7.82. The first-order valence-electron chi connectivity index (χ1n) is 7.44. The SMILES string of the molecule is COc1ccc(NC(=O)C2(c3cccc(Cl)c3)CC2)cc1CO. The van der Waals surface area contributed by atoms with Crippen LogP contribution in [0.4, 0.5) is 5.69 Å². The standard InChI is InChI=1S/C18H18ClNO3/c1-23-16-6-5-15(9-12(16)11-21)20-17(22)18(7-8-18)13-3-2-4-14(19)10-13/h2-6,9-10,21H,7-8,11H2,1H3,(H,20,22). The van der Waals surface area contributed by atoms with E-state index >= 15 is 0 Å². The lowest BCUT2D eigenvalue weighted by Crippen LogP contribution is -2.27. The minimum atomic E-state index is -0.496. The quantitative estimate of drug-likeness (QED) is 0.881. The maximum Gasteiger partial charge on any atom is 0.235 e. The van der Waals surface area contributed by atoms with Crippen molar-refractivity contribution < 1.29 is 14.6 Å². The predicted octanol–water partition coefficient (Wildman–Crippen LogP) is 3.51. The zero-order chi connectivity index (χ0) is 16.4. The van der Waals surface area contributed by atoms with E-state index in [2.05, 4.69) is 5.32 Å². The van der Waals surface area contributed by atoms with Crippen LogP contribution in [0.15, 0.2) is 42.5 Å². The molecule has 4 nitrogen and oxygen atoms in total. The monoisotopic (exact) mass is 331 g/mol. The Balaban J connectivity index is 1.82. The Morgan fingerprint density at radius 3 is 2.70 bits per heavy atom. The number of carbonyl (C=O) groups is 1. The van der Waals surface area contributed by atoms with E-state index in [-0.39, 0.29) is 12.5 Å². The van der Waals surface area contributed by atoms with Gasteiger partial charge in [0.2, 0.25) is 5.91 Å². The molecule has 23 heavy (non-hydrogen) atoms. The Bertz CT molecular complexity index is 741. The Kier molecular flexibility index (Phi) is 4.28. The predicted molar refractivity (Wildman–Crippen MR) is 89.9 cm³/mol. The summed E-state index contributed by atoms with van der Waals surface area (Å²) < 4.78 is 5.17. The number of hydrogen-bond acceptors (Lipinski definition) is 3. The normalized spacial score (nSPS) is 15.1. The molecule has 1 fully saturated rings. The van der Waals surface area contributed by atoms with Crippen molar-refractivity contribution in [1.29, 1.82) is 0 Å². The van der Waals surface area contributed by atoms with Crippen molar-refractivity contribution in [3.8, 4) is 5.75 Å². The van der Waals surface area contributed by atoms with Gasteiger partial charge in [0.25, 0.3) is 0 Å². The van der Waals surface area contributed by atoms with Crippen LogP contribution < -0.4 is 10.1 Å². The number of hydrogen-bond donors (Lipinski definition) is 2. The molecule has 0 saturated heterocycles. The minimum Gasteiger partial charge on any atom is -0.496 e. The molecule has 1 saturated carbocycles. The summed E-state index contributed by atoms with van der Waals surface area (Å²) in [5.74, 6) is 0.551. The van der Waals surface area contributed by atoms with Gasteiger partial charge in [0, 0.05) is 16.3 Å². The van der Waals surface area contributed by atoms with Crippen molar-refractivity contribution in [2.75, 3.05) is 12.4 Å². The van der Waals surface area contributed by atoms with Crippen LogP contribution in [0.1, 0.15) is 24.0 Å². The van der Waals surface area contributed by atoms with Gasteiger partial charge in [-0.3, -0.25) is 4.79 Å². The molecule has 5 heteroatoms. The summed E-state index contributed by atoms with van der Waals surface area (Å²) in [5, 5.41) is 13.0. The molecule has 0 atom stereocenters. The average molecular weight is 332 g/mol. The Labute approximate surface area is 140 Å². The van der Waals surface area contributed by atoms with E-state index in [1.165, 1.54) is 0 Å². The largest absolute Gasteiger partial charge is 0.496 e. The molecular formula is C18H18ClNO3. The van der Waals surface area contributed by atoms with E-state index < -0.39 is 5.41 Å². The van der Waals surface area contributed by atoms with Crippen LogP contribution in [-0.4, -0.2) is 18.1 Å². The molecule has 0 unspecified atom stereocenters. The number of ether oxygens (including phenoxy) is 1. The van der Waals surface area contributed by atoms with Crippen LogP contribution in [0.5, 0.6) is 5.75 Å². The van der Waals surface area contributed by atoms with Crippen LogP contribution in [0.2, 0.25) is 5.02 Å². The van der Waals surface area contributed by atoms with E-state index in [9.17, 15) is 9.90 Å². The molecule has 1 aliphatic carbocycles. The summed E-state index contributed by atoms with van der Waals surface area (Å²) in [5.41, 5.74) is 1.73. The van der Waals surface area contributed by atoms with Gasteiger partial charge in [0.1, 0.15) is 5.75 Å². The molecule has 3 rings (SSSR count). The highest BCUT2D eigenvalue weighted by atomic mass is 35.5. The van der Waals surface area contributed by atoms with E-state index in [0.29, 0.717) is 22.0 Å². The van der Waals surface area contributed by atoms with Crippen molar-refractivity contribution in [2.45, 2.75) is 24.9 Å². The van der Waals surface area contributed by atoms with Crippen LogP contribution in [0, 0.1) is 0 Å². The van der Waals surface area contributed by atoms with Gasteiger partial charge < -0.3 is 15.2 Å². The molecule has 120 valence electrons. The van der Waals surface area contributed by atoms with Crippen molar-refractivity contribution in [1.82, 2.24) is 0 Å². The maximum atomic E-state index is 12.7. The van der Waals surface area contributed by atoms with Gasteiger partial charge in [-0.15, -0.1) is 0 Å². The van der Waals surface area contributed by atoms with Gasteiger partial charge >= 0.3 is 0 Å². The van der Waals surface area contributed by atoms with Crippen LogP contribution >= 0.6 is 11.6 Å². The first-order chi connectivity index (χ1) is 11.1. The fourth-order valence-electron chi connectivity index (χ4n) is 2.79.